The standard InChI is InChI=1S/C31H39N5O3S/c1-5-29(36-19-17-35(18-20-36)23-24-8-10-26(11-9-24)31(2,3)4)40(38,39)28-14-12-27(13-15-28)34-30(37)33-22-25-7-6-16-32-21-25/h5-16,21,29H,1,17-20,22-23H2,2-4H3,(H2,33,34,37). The molecule has 1 fully saturated rings. The zero-order valence-corrected chi connectivity index (χ0v) is 24.3. The van der Waals surface area contributed by atoms with Crippen LogP contribution in [0.4, 0.5) is 10.5 Å². The predicted molar refractivity (Wildman–Crippen MR) is 160 cm³/mol. The number of aromatic nitrogens is 1. The van der Waals surface area contributed by atoms with Gasteiger partial charge in [0.05, 0.1) is 4.90 Å². The maximum absolute atomic E-state index is 13.5. The molecule has 4 rings (SSSR count). The van der Waals surface area contributed by atoms with E-state index in [4.69, 9.17) is 0 Å². The first-order valence-electron chi connectivity index (χ1n) is 13.5. The monoisotopic (exact) mass is 561 g/mol. The van der Waals surface area contributed by atoms with Gasteiger partial charge in [0.15, 0.2) is 9.84 Å². The average Bonchev–Trinajstić information content (AvgIpc) is 2.94. The van der Waals surface area contributed by atoms with Crippen LogP contribution in [-0.4, -0.2) is 60.8 Å². The zero-order valence-electron chi connectivity index (χ0n) is 23.5. The van der Waals surface area contributed by atoms with E-state index in [0.29, 0.717) is 25.3 Å². The van der Waals surface area contributed by atoms with Crippen molar-refractivity contribution in [1.82, 2.24) is 20.1 Å². The first-order chi connectivity index (χ1) is 19.1. The molecule has 0 spiro atoms. The molecule has 0 bridgehead atoms. The Balaban J connectivity index is 1.31. The fraction of sp³-hybridized carbons (Fsp3) is 0.355. The summed E-state index contributed by atoms with van der Waals surface area (Å²) >= 11 is 0. The molecule has 2 aromatic carbocycles. The summed E-state index contributed by atoms with van der Waals surface area (Å²) in [6.45, 7) is 14.5. The normalized spacial score (nSPS) is 15.8. The summed E-state index contributed by atoms with van der Waals surface area (Å²) in [5.74, 6) is 0. The van der Waals surface area contributed by atoms with Gasteiger partial charge in [0.1, 0.15) is 5.37 Å². The number of carbonyl (C=O) groups excluding carboxylic acids is 1. The fourth-order valence-corrected chi connectivity index (χ4v) is 6.39. The largest absolute Gasteiger partial charge is 0.334 e. The van der Waals surface area contributed by atoms with E-state index in [1.54, 1.807) is 30.6 Å². The van der Waals surface area contributed by atoms with Crippen molar-refractivity contribution in [1.29, 1.82) is 0 Å². The SMILES string of the molecule is C=CC(N1CCN(Cc2ccc(C(C)(C)C)cc2)CC1)S(=O)(=O)c1ccc(NC(=O)NCc2cccnc2)cc1. The third-order valence-electron chi connectivity index (χ3n) is 7.13. The Bertz CT molecular complexity index is 1380. The quantitative estimate of drug-likeness (QED) is 0.365. The number of anilines is 1. The molecule has 3 aromatic rings. The van der Waals surface area contributed by atoms with Crippen molar-refractivity contribution in [2.24, 2.45) is 0 Å². The molecule has 2 heterocycles. The number of hydrogen-bond acceptors (Lipinski definition) is 6. The average molecular weight is 562 g/mol. The Morgan fingerprint density at radius 1 is 1.00 bits per heavy atom. The predicted octanol–water partition coefficient (Wildman–Crippen LogP) is 4.80. The molecule has 40 heavy (non-hydrogen) atoms. The van der Waals surface area contributed by atoms with E-state index in [2.05, 4.69) is 72.1 Å². The lowest BCUT2D eigenvalue weighted by Crippen LogP contribution is -2.51. The highest BCUT2D eigenvalue weighted by atomic mass is 32.2. The molecular formula is C31H39N5O3S. The zero-order chi connectivity index (χ0) is 28.8. The lowest BCUT2D eigenvalue weighted by molar-refractivity contribution is 0.127. The Labute approximate surface area is 238 Å². The van der Waals surface area contributed by atoms with Gasteiger partial charge in [0.2, 0.25) is 0 Å². The molecule has 1 unspecified atom stereocenters. The van der Waals surface area contributed by atoms with Gasteiger partial charge in [-0.15, -0.1) is 6.58 Å². The van der Waals surface area contributed by atoms with Gasteiger partial charge in [0.25, 0.3) is 0 Å². The first-order valence-corrected chi connectivity index (χ1v) is 15.1. The van der Waals surface area contributed by atoms with Crippen LogP contribution >= 0.6 is 0 Å². The summed E-state index contributed by atoms with van der Waals surface area (Å²) in [6, 6.07) is 18.3. The van der Waals surface area contributed by atoms with Crippen molar-refractivity contribution < 1.29 is 13.2 Å². The number of nitrogens with zero attached hydrogens (tertiary/aromatic N) is 3. The number of piperazine rings is 1. The lowest BCUT2D eigenvalue weighted by atomic mass is 9.87. The first kappa shape index (κ1) is 29.5. The second-order valence-electron chi connectivity index (χ2n) is 11.1. The molecule has 0 radical (unpaired) electrons. The minimum atomic E-state index is -3.68. The van der Waals surface area contributed by atoms with Crippen LogP contribution in [0.3, 0.4) is 0 Å². The van der Waals surface area contributed by atoms with Crippen molar-refractivity contribution in [2.45, 2.75) is 49.5 Å². The number of hydrogen-bond donors (Lipinski definition) is 2. The van der Waals surface area contributed by atoms with Crippen LogP contribution in [-0.2, 0) is 28.3 Å². The number of pyridine rings is 1. The van der Waals surface area contributed by atoms with Crippen molar-refractivity contribution in [3.63, 3.8) is 0 Å². The van der Waals surface area contributed by atoms with Gasteiger partial charge in [-0.1, -0.05) is 57.2 Å². The maximum Gasteiger partial charge on any atom is 0.319 e. The topological polar surface area (TPSA) is 94.6 Å². The van der Waals surface area contributed by atoms with Gasteiger partial charge >= 0.3 is 6.03 Å². The molecular weight excluding hydrogens is 522 g/mol. The van der Waals surface area contributed by atoms with Gasteiger partial charge in [-0.3, -0.25) is 14.8 Å². The van der Waals surface area contributed by atoms with Crippen molar-refractivity contribution in [2.75, 3.05) is 31.5 Å². The van der Waals surface area contributed by atoms with Crippen LogP contribution < -0.4 is 10.6 Å². The van der Waals surface area contributed by atoms with Crippen molar-refractivity contribution in [3.05, 3.63) is 102 Å². The molecule has 9 heteroatoms. The van der Waals surface area contributed by atoms with Crippen LogP contribution in [0.25, 0.3) is 0 Å². The molecule has 0 aliphatic carbocycles. The van der Waals surface area contributed by atoms with Crippen LogP contribution in [0.2, 0.25) is 0 Å². The van der Waals surface area contributed by atoms with Crippen molar-refractivity contribution >= 4 is 21.6 Å². The van der Waals surface area contributed by atoms with Crippen LogP contribution in [0.5, 0.6) is 0 Å². The van der Waals surface area contributed by atoms with Crippen LogP contribution in [0.1, 0.15) is 37.5 Å². The van der Waals surface area contributed by atoms with Crippen LogP contribution in [0, 0.1) is 0 Å². The molecule has 2 N–H and O–H groups in total. The summed E-state index contributed by atoms with van der Waals surface area (Å²) in [4.78, 5) is 20.8. The van der Waals surface area contributed by atoms with E-state index < -0.39 is 15.2 Å². The number of sulfone groups is 1. The Hall–Kier alpha value is -3.53. The number of nitrogens with one attached hydrogen (secondary N) is 2. The molecule has 212 valence electrons. The number of benzene rings is 2. The Morgan fingerprint density at radius 3 is 2.25 bits per heavy atom. The van der Waals surface area contributed by atoms with E-state index in [1.165, 1.54) is 29.3 Å². The molecule has 1 saturated heterocycles. The highest BCUT2D eigenvalue weighted by molar-refractivity contribution is 7.92. The molecule has 1 atom stereocenters. The summed E-state index contributed by atoms with van der Waals surface area (Å²) in [5, 5.41) is 4.67. The maximum atomic E-state index is 13.5. The second-order valence-corrected chi connectivity index (χ2v) is 13.2. The van der Waals surface area contributed by atoms with Gasteiger partial charge < -0.3 is 10.6 Å². The molecule has 8 nitrogen and oxygen atoms in total. The van der Waals surface area contributed by atoms with Gasteiger partial charge in [-0.25, -0.2) is 13.2 Å². The molecule has 1 aliphatic rings. The lowest BCUT2D eigenvalue weighted by Gasteiger charge is -2.38. The third kappa shape index (κ3) is 7.56. The number of carbonyl (C=O) groups is 1. The van der Waals surface area contributed by atoms with Gasteiger partial charge in [-0.2, -0.15) is 0 Å². The highest BCUT2D eigenvalue weighted by Crippen LogP contribution is 2.25. The van der Waals surface area contributed by atoms with E-state index in [0.717, 1.165) is 25.2 Å². The van der Waals surface area contributed by atoms with Crippen molar-refractivity contribution in [3.8, 4) is 0 Å². The second kappa shape index (κ2) is 12.8. The summed E-state index contributed by atoms with van der Waals surface area (Å²) < 4.78 is 27.0. The number of urea groups is 1. The molecule has 2 amide bonds. The van der Waals surface area contributed by atoms with E-state index in [-0.39, 0.29) is 16.3 Å². The van der Waals surface area contributed by atoms with Gasteiger partial charge in [-0.05, 0) is 52.4 Å². The number of rotatable bonds is 9. The van der Waals surface area contributed by atoms with E-state index in [9.17, 15) is 13.2 Å². The third-order valence-corrected chi connectivity index (χ3v) is 9.18. The fourth-order valence-electron chi connectivity index (χ4n) is 4.74. The highest BCUT2D eigenvalue weighted by Gasteiger charge is 2.32. The van der Waals surface area contributed by atoms with E-state index >= 15 is 0 Å². The Kier molecular flexibility index (Phi) is 9.40. The minimum Gasteiger partial charge on any atom is -0.334 e. The molecule has 1 aromatic heterocycles. The summed E-state index contributed by atoms with van der Waals surface area (Å²) in [6.07, 6.45) is 4.86. The van der Waals surface area contributed by atoms with Crippen LogP contribution in [0.15, 0.2) is 90.6 Å². The smallest absolute Gasteiger partial charge is 0.319 e. The van der Waals surface area contributed by atoms with Gasteiger partial charge in [0, 0.05) is 57.3 Å². The summed E-state index contributed by atoms with van der Waals surface area (Å²) in [7, 11) is -3.68. The summed E-state index contributed by atoms with van der Waals surface area (Å²) in [5.41, 5.74) is 4.08. The Morgan fingerprint density at radius 2 is 1.68 bits per heavy atom. The minimum absolute atomic E-state index is 0.126. The van der Waals surface area contributed by atoms with E-state index in [1.807, 2.05) is 11.0 Å². The number of amides is 2. The molecule has 1 aliphatic heterocycles. The molecule has 0 saturated carbocycles.